The number of rotatable bonds is 7. The van der Waals surface area contributed by atoms with Crippen molar-refractivity contribution in [3.05, 3.63) is 29.3 Å². The van der Waals surface area contributed by atoms with Gasteiger partial charge in [0.2, 0.25) is 10.0 Å². The molecule has 0 spiro atoms. The van der Waals surface area contributed by atoms with Gasteiger partial charge in [0.1, 0.15) is 0 Å². The van der Waals surface area contributed by atoms with Crippen molar-refractivity contribution in [2.75, 3.05) is 6.54 Å². The van der Waals surface area contributed by atoms with Crippen LogP contribution in [0.25, 0.3) is 0 Å². The van der Waals surface area contributed by atoms with Crippen molar-refractivity contribution in [1.29, 1.82) is 0 Å². The number of esters is 1. The molecule has 0 aromatic heterocycles. The quantitative estimate of drug-likeness (QED) is 0.610. The van der Waals surface area contributed by atoms with Crippen LogP contribution in [0, 0.1) is 6.92 Å². The zero-order chi connectivity index (χ0) is 18.7. The van der Waals surface area contributed by atoms with Crippen molar-refractivity contribution in [3.8, 4) is 0 Å². The van der Waals surface area contributed by atoms with E-state index in [1.807, 2.05) is 4.72 Å². The van der Waals surface area contributed by atoms with Gasteiger partial charge < -0.3 is 14.9 Å². The van der Waals surface area contributed by atoms with Crippen molar-refractivity contribution in [3.63, 3.8) is 0 Å². The van der Waals surface area contributed by atoms with Crippen LogP contribution in [0.4, 0.5) is 0 Å². The minimum absolute atomic E-state index is 0.0940. The third kappa shape index (κ3) is 5.02. The summed E-state index contributed by atoms with van der Waals surface area (Å²) in [6.45, 7) is 5.23. The first-order chi connectivity index (χ1) is 10.9. The van der Waals surface area contributed by atoms with E-state index in [2.05, 4.69) is 0 Å². The van der Waals surface area contributed by atoms with Crippen molar-refractivity contribution in [1.82, 2.24) is 4.72 Å². The smallest absolute Gasteiger partial charge is 0.338 e. The van der Waals surface area contributed by atoms with E-state index >= 15 is 0 Å². The molecule has 0 fully saturated rings. The van der Waals surface area contributed by atoms with Gasteiger partial charge in [-0.05, 0) is 45.4 Å². The molecule has 1 aromatic carbocycles. The molecule has 24 heavy (non-hydrogen) atoms. The lowest BCUT2D eigenvalue weighted by Gasteiger charge is -2.18. The highest BCUT2D eigenvalue weighted by Gasteiger charge is 2.32. The molecule has 0 saturated carbocycles. The number of sulfonamides is 1. The normalized spacial score (nSPS) is 14.2. The topological polar surface area (TPSA) is 130 Å². The summed E-state index contributed by atoms with van der Waals surface area (Å²) >= 11 is 0. The fourth-order valence-electron chi connectivity index (χ4n) is 1.66. The summed E-state index contributed by atoms with van der Waals surface area (Å²) in [5.41, 5.74) is -1.62. The molecular formula is C15H21NO7S. The lowest BCUT2D eigenvalue weighted by Crippen LogP contribution is -2.46. The molecule has 0 radical (unpaired) electrons. The van der Waals surface area contributed by atoms with Gasteiger partial charge in [-0.25, -0.2) is 22.7 Å². The third-order valence-corrected chi connectivity index (χ3v) is 4.55. The summed E-state index contributed by atoms with van der Waals surface area (Å²) in [5, 5.41) is 18.4. The molecule has 1 unspecified atom stereocenters. The van der Waals surface area contributed by atoms with E-state index in [-0.39, 0.29) is 16.6 Å². The zero-order valence-corrected chi connectivity index (χ0v) is 14.7. The van der Waals surface area contributed by atoms with Gasteiger partial charge in [0.25, 0.3) is 0 Å². The highest BCUT2D eigenvalue weighted by atomic mass is 32.2. The van der Waals surface area contributed by atoms with Crippen molar-refractivity contribution < 1.29 is 33.0 Å². The first-order valence-electron chi connectivity index (χ1n) is 7.14. The minimum atomic E-state index is -4.11. The van der Waals surface area contributed by atoms with E-state index in [4.69, 9.17) is 9.84 Å². The van der Waals surface area contributed by atoms with Gasteiger partial charge in [0.05, 0.1) is 23.1 Å². The van der Waals surface area contributed by atoms with Crippen LogP contribution in [0.15, 0.2) is 23.1 Å². The number of carbonyl (C=O) groups is 2. The summed E-state index contributed by atoms with van der Waals surface area (Å²) in [4.78, 5) is 22.6. The maximum absolute atomic E-state index is 12.2. The molecule has 0 heterocycles. The van der Waals surface area contributed by atoms with Crippen LogP contribution in [-0.4, -0.2) is 48.8 Å². The maximum Gasteiger partial charge on any atom is 0.338 e. The fourth-order valence-corrected chi connectivity index (χ4v) is 2.82. The Hall–Kier alpha value is -1.97. The number of benzene rings is 1. The predicted molar refractivity (Wildman–Crippen MR) is 85.2 cm³/mol. The summed E-state index contributed by atoms with van der Waals surface area (Å²) in [6.07, 6.45) is -0.360. The number of aryl methyl sites for hydroxylation is 1. The second-order valence-corrected chi connectivity index (χ2v) is 7.60. The van der Waals surface area contributed by atoms with Crippen molar-refractivity contribution in [2.45, 2.75) is 44.3 Å². The van der Waals surface area contributed by atoms with Gasteiger partial charge in [0.15, 0.2) is 5.60 Å². The first-order valence-corrected chi connectivity index (χ1v) is 8.62. The van der Waals surface area contributed by atoms with Gasteiger partial charge in [0, 0.05) is 0 Å². The Kier molecular flexibility index (Phi) is 6.09. The number of carbonyl (C=O) groups excluding carboxylic acids is 1. The van der Waals surface area contributed by atoms with E-state index in [0.717, 1.165) is 13.0 Å². The van der Waals surface area contributed by atoms with Gasteiger partial charge in [-0.15, -0.1) is 0 Å². The van der Waals surface area contributed by atoms with E-state index in [1.165, 1.54) is 12.1 Å². The SMILES string of the molecule is Cc1ccc(S(=O)(=O)NCC(C)(O)C(=O)O)cc1C(=O)OC(C)C. The molecule has 134 valence electrons. The molecule has 0 aliphatic rings. The molecule has 9 heteroatoms. The van der Waals surface area contributed by atoms with Crippen LogP contribution in [0.1, 0.15) is 36.7 Å². The second kappa shape index (κ2) is 7.29. The van der Waals surface area contributed by atoms with Gasteiger partial charge in [-0.2, -0.15) is 0 Å². The molecule has 0 amide bonds. The van der Waals surface area contributed by atoms with Gasteiger partial charge in [-0.3, -0.25) is 0 Å². The molecule has 1 aromatic rings. The number of hydrogen-bond donors (Lipinski definition) is 3. The Morgan fingerprint density at radius 3 is 2.42 bits per heavy atom. The van der Waals surface area contributed by atoms with Crippen LogP contribution < -0.4 is 4.72 Å². The molecule has 0 aliphatic carbocycles. The molecule has 3 N–H and O–H groups in total. The Morgan fingerprint density at radius 2 is 1.92 bits per heavy atom. The van der Waals surface area contributed by atoms with E-state index < -0.39 is 34.1 Å². The zero-order valence-electron chi connectivity index (χ0n) is 13.9. The van der Waals surface area contributed by atoms with Crippen LogP contribution in [0.2, 0.25) is 0 Å². The third-order valence-electron chi connectivity index (χ3n) is 3.15. The van der Waals surface area contributed by atoms with E-state index in [1.54, 1.807) is 20.8 Å². The number of aliphatic hydroxyl groups is 1. The highest BCUT2D eigenvalue weighted by molar-refractivity contribution is 7.89. The summed E-state index contributed by atoms with van der Waals surface area (Å²) in [7, 11) is -4.11. The molecular weight excluding hydrogens is 338 g/mol. The molecule has 0 saturated heterocycles. The van der Waals surface area contributed by atoms with Crippen LogP contribution >= 0.6 is 0 Å². The summed E-state index contributed by atoms with van der Waals surface area (Å²) in [6, 6.07) is 3.87. The van der Waals surface area contributed by atoms with Crippen LogP contribution in [0.3, 0.4) is 0 Å². The second-order valence-electron chi connectivity index (χ2n) is 5.83. The Bertz CT molecular complexity index is 738. The molecule has 0 bridgehead atoms. The minimum Gasteiger partial charge on any atom is -0.479 e. The van der Waals surface area contributed by atoms with Crippen molar-refractivity contribution in [2.24, 2.45) is 0 Å². The standard InChI is InChI=1S/C15H21NO7S/c1-9(2)23-13(17)12-7-11(6-5-10(12)3)24(21,22)16-8-15(4,20)14(18)19/h5-7,9,16,20H,8H2,1-4H3,(H,18,19). The average molecular weight is 359 g/mol. The number of aliphatic carboxylic acids is 1. The lowest BCUT2D eigenvalue weighted by molar-refractivity contribution is -0.155. The monoisotopic (exact) mass is 359 g/mol. The van der Waals surface area contributed by atoms with Gasteiger partial charge in [-0.1, -0.05) is 6.07 Å². The van der Waals surface area contributed by atoms with Gasteiger partial charge >= 0.3 is 11.9 Å². The maximum atomic E-state index is 12.2. The number of carboxylic acids is 1. The molecule has 8 nitrogen and oxygen atoms in total. The number of ether oxygens (including phenoxy) is 1. The lowest BCUT2D eigenvalue weighted by atomic mass is 10.1. The fraction of sp³-hybridized carbons (Fsp3) is 0.467. The molecule has 1 rings (SSSR count). The Balaban J connectivity index is 3.09. The van der Waals surface area contributed by atoms with Crippen molar-refractivity contribution >= 4 is 22.0 Å². The van der Waals surface area contributed by atoms with E-state index in [9.17, 15) is 23.1 Å². The number of carboxylic acid groups (broad SMARTS) is 1. The van der Waals surface area contributed by atoms with Crippen LogP contribution in [0.5, 0.6) is 0 Å². The molecule has 1 atom stereocenters. The average Bonchev–Trinajstić information content (AvgIpc) is 2.44. The predicted octanol–water partition coefficient (Wildman–Crippen LogP) is 0.674. The Morgan fingerprint density at radius 1 is 1.33 bits per heavy atom. The summed E-state index contributed by atoms with van der Waals surface area (Å²) in [5.74, 6) is -2.22. The van der Waals surface area contributed by atoms with E-state index in [0.29, 0.717) is 5.56 Å². The van der Waals surface area contributed by atoms with Crippen LogP contribution in [-0.2, 0) is 19.6 Å². The number of hydrogen-bond acceptors (Lipinski definition) is 6. The summed E-state index contributed by atoms with van der Waals surface area (Å²) < 4.78 is 31.6. The molecule has 0 aliphatic heterocycles. The first kappa shape index (κ1) is 20.1. The largest absolute Gasteiger partial charge is 0.479 e. The Labute approximate surface area is 140 Å². The number of nitrogens with one attached hydrogen (secondary N) is 1. The highest BCUT2D eigenvalue weighted by Crippen LogP contribution is 2.18.